The van der Waals surface area contributed by atoms with Crippen LogP contribution in [0.1, 0.15) is 60.8 Å². The van der Waals surface area contributed by atoms with E-state index in [0.29, 0.717) is 11.8 Å². The van der Waals surface area contributed by atoms with Gasteiger partial charge in [-0.05, 0) is 35.5 Å². The van der Waals surface area contributed by atoms with Gasteiger partial charge in [-0.3, -0.25) is 4.79 Å². The van der Waals surface area contributed by atoms with E-state index >= 15 is 0 Å². The number of hydrogen-bond acceptors (Lipinski definition) is 1. The quantitative estimate of drug-likeness (QED) is 0.695. The Labute approximate surface area is 112 Å². The third-order valence-corrected chi connectivity index (χ3v) is 5.38. The highest BCUT2D eigenvalue weighted by atomic mass is 16.2. The van der Waals surface area contributed by atoms with Crippen LogP contribution in [0, 0.1) is 22.2 Å². The van der Waals surface area contributed by atoms with E-state index in [2.05, 4.69) is 46.4 Å². The maximum absolute atomic E-state index is 12.3. The molecule has 104 valence electrons. The third kappa shape index (κ3) is 2.08. The summed E-state index contributed by atoms with van der Waals surface area (Å²) in [7, 11) is 0. The van der Waals surface area contributed by atoms with Crippen molar-refractivity contribution in [1.82, 2.24) is 4.90 Å². The zero-order valence-corrected chi connectivity index (χ0v) is 13.0. The molecule has 0 radical (unpaired) electrons. The van der Waals surface area contributed by atoms with Crippen LogP contribution in [0.15, 0.2) is 0 Å². The molecule has 18 heavy (non-hydrogen) atoms. The van der Waals surface area contributed by atoms with Gasteiger partial charge in [0.25, 0.3) is 0 Å². The number of carbonyl (C=O) groups excluding carboxylic acids is 1. The molecule has 2 fully saturated rings. The van der Waals surface area contributed by atoms with Crippen LogP contribution in [0.4, 0.5) is 0 Å². The van der Waals surface area contributed by atoms with Gasteiger partial charge in [0, 0.05) is 19.0 Å². The van der Waals surface area contributed by atoms with E-state index in [1.807, 2.05) is 0 Å². The first-order valence-corrected chi connectivity index (χ1v) is 7.37. The fraction of sp³-hybridized carbons (Fsp3) is 0.938. The van der Waals surface area contributed by atoms with Crippen molar-refractivity contribution in [3.05, 3.63) is 0 Å². The Morgan fingerprint density at radius 2 is 1.56 bits per heavy atom. The van der Waals surface area contributed by atoms with Gasteiger partial charge in [0.15, 0.2) is 0 Å². The van der Waals surface area contributed by atoms with Crippen LogP contribution in [0.25, 0.3) is 0 Å². The molecule has 0 aromatic carbocycles. The van der Waals surface area contributed by atoms with Gasteiger partial charge >= 0.3 is 0 Å². The Balaban J connectivity index is 2.22. The van der Waals surface area contributed by atoms with E-state index in [4.69, 9.17) is 0 Å². The monoisotopic (exact) mass is 251 g/mol. The average molecular weight is 251 g/mol. The molecular weight excluding hydrogens is 222 g/mol. The van der Waals surface area contributed by atoms with Gasteiger partial charge in [0.05, 0.1) is 0 Å². The summed E-state index contributed by atoms with van der Waals surface area (Å²) in [6.07, 6.45) is 3.39. The Hall–Kier alpha value is -0.530. The summed E-state index contributed by atoms with van der Waals surface area (Å²) >= 11 is 0. The number of likely N-dealkylation sites (tertiary alicyclic amines) is 1. The zero-order chi connectivity index (χ0) is 13.8. The second kappa shape index (κ2) is 3.98. The van der Waals surface area contributed by atoms with Gasteiger partial charge in [0.2, 0.25) is 5.91 Å². The number of hydrogen-bond donors (Lipinski definition) is 0. The predicted octanol–water partition coefficient (Wildman–Crippen LogP) is 3.71. The molecule has 0 bridgehead atoms. The molecule has 2 aliphatic rings. The van der Waals surface area contributed by atoms with Crippen LogP contribution in [0.3, 0.4) is 0 Å². The van der Waals surface area contributed by atoms with E-state index in [0.717, 1.165) is 32.4 Å². The van der Waals surface area contributed by atoms with Gasteiger partial charge < -0.3 is 4.90 Å². The zero-order valence-electron chi connectivity index (χ0n) is 13.0. The molecule has 0 N–H and O–H groups in total. The van der Waals surface area contributed by atoms with E-state index in [1.54, 1.807) is 0 Å². The van der Waals surface area contributed by atoms with Crippen molar-refractivity contribution < 1.29 is 4.79 Å². The SMILES string of the molecule is CC(C)(C)C1(C(C)(C)C)CCN(C(=O)C2CC2)C1. The Bertz CT molecular complexity index is 327. The second-order valence-electron chi connectivity index (χ2n) is 8.37. The first-order valence-electron chi connectivity index (χ1n) is 7.37. The minimum absolute atomic E-state index is 0.240. The van der Waals surface area contributed by atoms with Crippen LogP contribution in [0.2, 0.25) is 0 Å². The van der Waals surface area contributed by atoms with E-state index in [1.165, 1.54) is 0 Å². The maximum Gasteiger partial charge on any atom is 0.225 e. The van der Waals surface area contributed by atoms with E-state index in [-0.39, 0.29) is 16.2 Å². The van der Waals surface area contributed by atoms with Crippen molar-refractivity contribution in [3.8, 4) is 0 Å². The summed E-state index contributed by atoms with van der Waals surface area (Å²) in [6.45, 7) is 15.9. The lowest BCUT2D eigenvalue weighted by atomic mass is 9.53. The minimum Gasteiger partial charge on any atom is -0.342 e. The van der Waals surface area contributed by atoms with Crippen LogP contribution < -0.4 is 0 Å². The van der Waals surface area contributed by atoms with Crippen LogP contribution in [-0.2, 0) is 4.79 Å². The molecule has 2 rings (SSSR count). The molecule has 2 nitrogen and oxygen atoms in total. The Morgan fingerprint density at radius 3 is 1.89 bits per heavy atom. The van der Waals surface area contributed by atoms with Gasteiger partial charge in [-0.25, -0.2) is 0 Å². The number of nitrogens with zero attached hydrogens (tertiary/aromatic N) is 1. The minimum atomic E-state index is 0.240. The third-order valence-electron chi connectivity index (χ3n) is 5.38. The summed E-state index contributed by atoms with van der Waals surface area (Å²) in [4.78, 5) is 14.4. The number of carbonyl (C=O) groups is 1. The predicted molar refractivity (Wildman–Crippen MR) is 75.3 cm³/mol. The fourth-order valence-corrected chi connectivity index (χ4v) is 3.94. The summed E-state index contributed by atoms with van der Waals surface area (Å²) in [6, 6.07) is 0. The lowest BCUT2D eigenvalue weighted by Crippen LogP contribution is -2.49. The Kier molecular flexibility index (Phi) is 3.07. The molecule has 1 aliphatic carbocycles. The van der Waals surface area contributed by atoms with Crippen LogP contribution in [0.5, 0.6) is 0 Å². The molecule has 1 aliphatic heterocycles. The van der Waals surface area contributed by atoms with Gasteiger partial charge in [0.1, 0.15) is 0 Å². The fourth-order valence-electron chi connectivity index (χ4n) is 3.94. The maximum atomic E-state index is 12.3. The molecular formula is C16H29NO. The molecule has 0 unspecified atom stereocenters. The number of amides is 1. The summed E-state index contributed by atoms with van der Waals surface area (Å²) in [5.74, 6) is 0.783. The van der Waals surface area contributed by atoms with Crippen molar-refractivity contribution in [2.45, 2.75) is 60.8 Å². The molecule has 0 aromatic heterocycles. The molecule has 1 amide bonds. The molecule has 0 aromatic rings. The average Bonchev–Trinajstić information content (AvgIpc) is 2.91. The van der Waals surface area contributed by atoms with Gasteiger partial charge in [-0.2, -0.15) is 0 Å². The van der Waals surface area contributed by atoms with E-state index in [9.17, 15) is 4.79 Å². The highest BCUT2D eigenvalue weighted by molar-refractivity contribution is 5.81. The number of rotatable bonds is 1. The summed E-state index contributed by atoms with van der Waals surface area (Å²) in [5, 5.41) is 0. The topological polar surface area (TPSA) is 20.3 Å². The molecule has 0 spiro atoms. The largest absolute Gasteiger partial charge is 0.342 e. The summed E-state index contributed by atoms with van der Waals surface area (Å²) in [5.41, 5.74) is 0.720. The molecule has 0 atom stereocenters. The standard InChI is InChI=1S/C16H29NO/c1-14(2,3)16(15(4,5)6)9-10-17(11-16)13(18)12-7-8-12/h12H,7-11H2,1-6H3. The highest BCUT2D eigenvalue weighted by Crippen LogP contribution is 2.57. The van der Waals surface area contributed by atoms with Gasteiger partial charge in [-0.15, -0.1) is 0 Å². The first-order chi connectivity index (χ1) is 8.08. The highest BCUT2D eigenvalue weighted by Gasteiger charge is 2.55. The second-order valence-corrected chi connectivity index (χ2v) is 8.37. The lowest BCUT2D eigenvalue weighted by Gasteiger charge is -2.51. The van der Waals surface area contributed by atoms with Crippen molar-refractivity contribution in [1.29, 1.82) is 0 Å². The molecule has 1 heterocycles. The first kappa shape index (κ1) is 13.9. The lowest BCUT2D eigenvalue weighted by molar-refractivity contribution is -0.133. The van der Waals surface area contributed by atoms with Crippen molar-refractivity contribution in [2.75, 3.05) is 13.1 Å². The van der Waals surface area contributed by atoms with Crippen LogP contribution >= 0.6 is 0 Å². The van der Waals surface area contributed by atoms with Crippen LogP contribution in [-0.4, -0.2) is 23.9 Å². The Morgan fingerprint density at radius 1 is 1.06 bits per heavy atom. The smallest absolute Gasteiger partial charge is 0.225 e. The van der Waals surface area contributed by atoms with Crippen molar-refractivity contribution >= 4 is 5.91 Å². The van der Waals surface area contributed by atoms with Crippen molar-refractivity contribution in [3.63, 3.8) is 0 Å². The van der Waals surface area contributed by atoms with E-state index < -0.39 is 0 Å². The molecule has 1 saturated heterocycles. The molecule has 1 saturated carbocycles. The molecule has 2 heteroatoms. The van der Waals surface area contributed by atoms with Gasteiger partial charge in [-0.1, -0.05) is 41.5 Å². The normalized spacial score (nSPS) is 24.4. The van der Waals surface area contributed by atoms with Crippen molar-refractivity contribution in [2.24, 2.45) is 22.2 Å². The summed E-state index contributed by atoms with van der Waals surface area (Å²) < 4.78 is 0.